The zero-order chi connectivity index (χ0) is 18.5. The van der Waals surface area contributed by atoms with E-state index in [0.29, 0.717) is 18.1 Å². The van der Waals surface area contributed by atoms with E-state index in [2.05, 4.69) is 0 Å². The maximum absolute atomic E-state index is 12.6. The van der Waals surface area contributed by atoms with Gasteiger partial charge in [0.15, 0.2) is 0 Å². The maximum Gasteiger partial charge on any atom is 0.239 e. The van der Waals surface area contributed by atoms with Crippen molar-refractivity contribution < 1.29 is 18.5 Å². The van der Waals surface area contributed by atoms with E-state index >= 15 is 0 Å². The van der Waals surface area contributed by atoms with Crippen LogP contribution in [0.15, 0.2) is 48.5 Å². The minimum Gasteiger partial charge on any atom is -0.497 e. The molecule has 2 aromatic carbocycles. The van der Waals surface area contributed by atoms with Crippen molar-refractivity contribution in [3.05, 3.63) is 54.1 Å². The lowest BCUT2D eigenvalue weighted by molar-refractivity contribution is -0.116. The van der Waals surface area contributed by atoms with E-state index in [1.165, 1.54) is 5.56 Å². The summed E-state index contributed by atoms with van der Waals surface area (Å²) >= 11 is 0. The summed E-state index contributed by atoms with van der Waals surface area (Å²) < 4.78 is 23.0. The minimum atomic E-state index is -1.26. The average molecular weight is 373 g/mol. The fourth-order valence-corrected chi connectivity index (χ4v) is 3.98. The standard InChI is InChI=1S/C20H23NO4S/c1-15-13-16-5-3-4-6-19(16)21(15)20(22)14-26(23)12-11-25-18-9-7-17(24-2)8-10-18/h3-10,15H,11-14H2,1-2H3. The van der Waals surface area contributed by atoms with Crippen LogP contribution in [0.5, 0.6) is 11.5 Å². The summed E-state index contributed by atoms with van der Waals surface area (Å²) in [5.41, 5.74) is 2.11. The van der Waals surface area contributed by atoms with Gasteiger partial charge in [0, 0.05) is 22.5 Å². The highest BCUT2D eigenvalue weighted by Gasteiger charge is 2.31. The molecule has 0 N–H and O–H groups in total. The molecule has 2 aromatic rings. The minimum absolute atomic E-state index is 0.0185. The number of carbonyl (C=O) groups excluding carboxylic acids is 1. The Labute approximate surface area is 156 Å². The third-order valence-electron chi connectivity index (χ3n) is 4.40. The van der Waals surface area contributed by atoms with Crippen LogP contribution >= 0.6 is 0 Å². The third kappa shape index (κ3) is 4.25. The zero-order valence-electron chi connectivity index (χ0n) is 15.0. The predicted octanol–water partition coefficient (Wildman–Crippen LogP) is 2.80. The van der Waals surface area contributed by atoms with Crippen molar-refractivity contribution in [1.29, 1.82) is 0 Å². The predicted molar refractivity (Wildman–Crippen MR) is 103 cm³/mol. The Morgan fingerprint density at radius 3 is 2.58 bits per heavy atom. The first-order valence-electron chi connectivity index (χ1n) is 8.60. The second kappa shape index (κ2) is 8.36. The molecule has 2 atom stereocenters. The van der Waals surface area contributed by atoms with Crippen LogP contribution in [-0.4, -0.2) is 41.4 Å². The number of methoxy groups -OCH3 is 1. The molecular weight excluding hydrogens is 350 g/mol. The first-order valence-corrected chi connectivity index (χ1v) is 10.1. The van der Waals surface area contributed by atoms with Gasteiger partial charge in [0.25, 0.3) is 0 Å². The van der Waals surface area contributed by atoms with Crippen LogP contribution in [0, 0.1) is 0 Å². The number of anilines is 1. The van der Waals surface area contributed by atoms with Crippen LogP contribution in [0.4, 0.5) is 5.69 Å². The number of carbonyl (C=O) groups is 1. The number of rotatable bonds is 7. The molecule has 5 nitrogen and oxygen atoms in total. The van der Waals surface area contributed by atoms with Gasteiger partial charge in [-0.2, -0.15) is 0 Å². The number of para-hydroxylation sites is 1. The molecule has 0 radical (unpaired) electrons. The van der Waals surface area contributed by atoms with E-state index in [1.54, 1.807) is 24.1 Å². The van der Waals surface area contributed by atoms with Crippen molar-refractivity contribution in [2.24, 2.45) is 0 Å². The molecule has 0 saturated carbocycles. The van der Waals surface area contributed by atoms with E-state index in [1.807, 2.05) is 43.3 Å². The van der Waals surface area contributed by atoms with Crippen molar-refractivity contribution in [3.8, 4) is 11.5 Å². The quantitative estimate of drug-likeness (QED) is 0.749. The molecule has 1 amide bonds. The van der Waals surface area contributed by atoms with Gasteiger partial charge < -0.3 is 14.4 Å². The highest BCUT2D eigenvalue weighted by molar-refractivity contribution is 7.85. The normalized spacial score (nSPS) is 16.8. The Morgan fingerprint density at radius 1 is 1.15 bits per heavy atom. The molecule has 6 heteroatoms. The highest BCUT2D eigenvalue weighted by atomic mass is 32.2. The SMILES string of the molecule is COc1ccc(OCCS(=O)CC(=O)N2c3ccccc3CC2C)cc1. The van der Waals surface area contributed by atoms with Crippen LogP contribution < -0.4 is 14.4 Å². The smallest absolute Gasteiger partial charge is 0.239 e. The van der Waals surface area contributed by atoms with Gasteiger partial charge in [-0.15, -0.1) is 0 Å². The van der Waals surface area contributed by atoms with Crippen LogP contribution in [0.25, 0.3) is 0 Å². The van der Waals surface area contributed by atoms with Gasteiger partial charge in [-0.1, -0.05) is 18.2 Å². The zero-order valence-corrected chi connectivity index (χ0v) is 15.8. The van der Waals surface area contributed by atoms with Crippen LogP contribution in [0.3, 0.4) is 0 Å². The summed E-state index contributed by atoms with van der Waals surface area (Å²) in [5, 5.41) is 0. The molecule has 0 saturated heterocycles. The van der Waals surface area contributed by atoms with E-state index in [9.17, 15) is 9.00 Å². The first kappa shape index (κ1) is 18.5. The number of amides is 1. The molecule has 1 heterocycles. The third-order valence-corrected chi connectivity index (χ3v) is 5.59. The van der Waals surface area contributed by atoms with Crippen LogP contribution in [-0.2, 0) is 22.0 Å². The van der Waals surface area contributed by atoms with Gasteiger partial charge in [-0.3, -0.25) is 9.00 Å². The van der Waals surface area contributed by atoms with E-state index < -0.39 is 10.8 Å². The summed E-state index contributed by atoms with van der Waals surface area (Å²) in [4.78, 5) is 14.4. The fourth-order valence-electron chi connectivity index (χ4n) is 3.15. The van der Waals surface area contributed by atoms with Gasteiger partial charge in [0.1, 0.15) is 17.3 Å². The molecule has 0 bridgehead atoms. The Bertz CT molecular complexity index is 791. The molecular formula is C20H23NO4S. The lowest BCUT2D eigenvalue weighted by atomic mass is 10.1. The lowest BCUT2D eigenvalue weighted by Crippen LogP contribution is -2.39. The number of fused-ring (bicyclic) bond motifs is 1. The number of hydrogen-bond donors (Lipinski definition) is 0. The second-order valence-corrected chi connectivity index (χ2v) is 7.83. The topological polar surface area (TPSA) is 55.8 Å². The van der Waals surface area contributed by atoms with Gasteiger partial charge in [0.05, 0.1) is 19.5 Å². The van der Waals surface area contributed by atoms with Crippen LogP contribution in [0.1, 0.15) is 12.5 Å². The van der Waals surface area contributed by atoms with Gasteiger partial charge >= 0.3 is 0 Å². The largest absolute Gasteiger partial charge is 0.497 e. The van der Waals surface area contributed by atoms with Crippen molar-refractivity contribution in [1.82, 2.24) is 0 Å². The van der Waals surface area contributed by atoms with Gasteiger partial charge in [-0.25, -0.2) is 0 Å². The van der Waals surface area contributed by atoms with E-state index in [4.69, 9.17) is 9.47 Å². The van der Waals surface area contributed by atoms with Gasteiger partial charge in [-0.05, 0) is 49.2 Å². The van der Waals surface area contributed by atoms with Crippen molar-refractivity contribution in [2.75, 3.05) is 30.1 Å². The molecule has 26 heavy (non-hydrogen) atoms. The molecule has 138 valence electrons. The monoisotopic (exact) mass is 373 g/mol. The van der Waals surface area contributed by atoms with Crippen molar-refractivity contribution in [2.45, 2.75) is 19.4 Å². The van der Waals surface area contributed by atoms with E-state index in [0.717, 1.165) is 17.9 Å². The summed E-state index contributed by atoms with van der Waals surface area (Å²) in [7, 11) is 0.348. The highest BCUT2D eigenvalue weighted by Crippen LogP contribution is 2.31. The van der Waals surface area contributed by atoms with Crippen molar-refractivity contribution >= 4 is 22.4 Å². The van der Waals surface area contributed by atoms with Crippen molar-refractivity contribution in [3.63, 3.8) is 0 Å². The molecule has 2 unspecified atom stereocenters. The summed E-state index contributed by atoms with van der Waals surface area (Å²) in [6.07, 6.45) is 0.842. The Kier molecular flexibility index (Phi) is 5.93. The molecule has 1 aliphatic rings. The van der Waals surface area contributed by atoms with Crippen LogP contribution in [0.2, 0.25) is 0 Å². The Hall–Kier alpha value is -2.34. The maximum atomic E-state index is 12.6. The summed E-state index contributed by atoms with van der Waals surface area (Å²) in [6.45, 7) is 2.33. The summed E-state index contributed by atoms with van der Waals surface area (Å²) in [6, 6.07) is 15.2. The molecule has 0 fully saturated rings. The summed E-state index contributed by atoms with van der Waals surface area (Å²) in [5.74, 6) is 1.69. The fraction of sp³-hybridized carbons (Fsp3) is 0.350. The Morgan fingerprint density at radius 2 is 1.85 bits per heavy atom. The number of hydrogen-bond acceptors (Lipinski definition) is 4. The van der Waals surface area contributed by atoms with Gasteiger partial charge in [0.2, 0.25) is 5.91 Å². The first-order chi connectivity index (χ1) is 12.6. The molecule has 0 spiro atoms. The molecule has 0 aliphatic carbocycles. The molecule has 0 aromatic heterocycles. The van der Waals surface area contributed by atoms with E-state index in [-0.39, 0.29) is 17.7 Å². The number of nitrogens with zero attached hydrogens (tertiary/aromatic N) is 1. The second-order valence-electron chi connectivity index (χ2n) is 6.26. The lowest BCUT2D eigenvalue weighted by Gasteiger charge is -2.22. The number of benzene rings is 2. The Balaban J connectivity index is 1.49. The molecule has 3 rings (SSSR count). The average Bonchev–Trinajstić information content (AvgIpc) is 2.98. The molecule has 1 aliphatic heterocycles. The number of ether oxygens (including phenoxy) is 2.